The van der Waals surface area contributed by atoms with Crippen molar-refractivity contribution in [3.05, 3.63) is 134 Å². The lowest BCUT2D eigenvalue weighted by atomic mass is 10.1. The smallest absolute Gasteiger partial charge is 0.462 e. The van der Waals surface area contributed by atoms with Gasteiger partial charge in [-0.15, -0.1) is 0 Å². The molecule has 80 heavy (non-hydrogen) atoms. The summed E-state index contributed by atoms with van der Waals surface area (Å²) in [5.41, 5.74) is 0. The zero-order valence-electron chi connectivity index (χ0n) is 50.2. The molecule has 0 rings (SSSR count). The van der Waals surface area contributed by atoms with E-state index in [-0.39, 0.29) is 25.9 Å². The Balaban J connectivity index is 4.85. The minimum Gasteiger partial charge on any atom is -0.462 e. The normalized spacial score (nSPS) is 14.2. The quantitative estimate of drug-likeness (QED) is 0.0197. The van der Waals surface area contributed by atoms with Gasteiger partial charge < -0.3 is 24.2 Å². The van der Waals surface area contributed by atoms with E-state index in [0.717, 1.165) is 109 Å². The molecule has 12 heteroatoms. The van der Waals surface area contributed by atoms with Gasteiger partial charge in [0.05, 0.1) is 19.8 Å². The monoisotopic (exact) mass is 1130 g/mol. The third kappa shape index (κ3) is 58.3. The van der Waals surface area contributed by atoms with E-state index in [0.29, 0.717) is 25.7 Å². The van der Waals surface area contributed by atoms with Crippen LogP contribution in [0, 0.1) is 0 Å². The summed E-state index contributed by atoms with van der Waals surface area (Å²) in [5.74, 6) is -1.58. The van der Waals surface area contributed by atoms with Gasteiger partial charge in [0.2, 0.25) is 0 Å². The Morgan fingerprint density at radius 2 is 0.662 bits per heavy atom. The number of carbonyl (C=O) groups is 3. The number of phosphoric acid groups is 1. The number of rotatable bonds is 56. The highest BCUT2D eigenvalue weighted by atomic mass is 31.2. The fourth-order valence-corrected chi connectivity index (χ4v) is 8.67. The van der Waals surface area contributed by atoms with E-state index >= 15 is 0 Å². The Bertz CT molecular complexity index is 1850. The predicted octanol–water partition coefficient (Wildman–Crippen LogP) is 18.9. The van der Waals surface area contributed by atoms with Crippen molar-refractivity contribution in [1.29, 1.82) is 0 Å². The van der Waals surface area contributed by atoms with Crippen LogP contribution in [-0.2, 0) is 42.2 Å². The van der Waals surface area contributed by atoms with Crippen LogP contribution in [0.1, 0.15) is 239 Å². The average Bonchev–Trinajstić information content (AvgIpc) is 3.45. The fraction of sp³-hybridized carbons (Fsp3) is 0.632. The Hall–Kier alpha value is -4.38. The summed E-state index contributed by atoms with van der Waals surface area (Å²) in [6, 6.07) is 0. The standard InChI is InChI=1S/C68H111O11P/c1-4-7-10-13-16-19-22-25-28-31-32-35-38-41-44-47-50-53-56-59-68(72)79-65(61-75-66(70)57-54-51-48-45-42-39-36-33-29-26-23-20-17-14-11-8-5-2)63-77-80(73,74)76-62-64(60-69)78-67(71)58-55-52-49-46-43-40-37-34-30-27-24-21-18-15-12-9-6-3/h7,9-10,12,16,18-19,21,25-30,32,35,37,40-41,44,46,49,64-65,69H,4-6,8,11,13-15,17,20,22-24,31,33-34,36,38-39,42-43,45,47-48,50-63H2,1-3H3,(H,73,74)/b10-7-,12-9-,19-16-,21-18-,28-25-,29-26-,30-27-,35-32-,40-37-,44-41-,49-46-. The molecule has 0 saturated carbocycles. The molecule has 0 aromatic heterocycles. The van der Waals surface area contributed by atoms with Crippen LogP contribution in [0.25, 0.3) is 0 Å². The fourth-order valence-electron chi connectivity index (χ4n) is 7.88. The molecule has 3 atom stereocenters. The number of ether oxygens (including phenoxy) is 3. The van der Waals surface area contributed by atoms with Crippen LogP contribution >= 0.6 is 7.82 Å². The molecule has 0 aromatic rings. The third-order valence-electron chi connectivity index (χ3n) is 12.5. The van der Waals surface area contributed by atoms with E-state index in [1.807, 2.05) is 12.2 Å². The largest absolute Gasteiger partial charge is 0.472 e. The Morgan fingerprint density at radius 1 is 0.362 bits per heavy atom. The van der Waals surface area contributed by atoms with Crippen molar-refractivity contribution >= 4 is 25.7 Å². The Kier molecular flexibility index (Phi) is 57.4. The van der Waals surface area contributed by atoms with Crippen molar-refractivity contribution in [2.75, 3.05) is 26.4 Å². The van der Waals surface area contributed by atoms with Gasteiger partial charge in [0.25, 0.3) is 0 Å². The summed E-state index contributed by atoms with van der Waals surface area (Å²) in [6.07, 6.45) is 77.0. The first kappa shape index (κ1) is 75.6. The van der Waals surface area contributed by atoms with Gasteiger partial charge in [0, 0.05) is 19.3 Å². The van der Waals surface area contributed by atoms with Gasteiger partial charge >= 0.3 is 25.7 Å². The molecule has 3 unspecified atom stereocenters. The lowest BCUT2D eigenvalue weighted by Gasteiger charge is -2.21. The van der Waals surface area contributed by atoms with Crippen LogP contribution in [0.15, 0.2) is 134 Å². The summed E-state index contributed by atoms with van der Waals surface area (Å²) >= 11 is 0. The second-order valence-corrected chi connectivity index (χ2v) is 21.6. The molecule has 0 heterocycles. The molecule has 0 amide bonds. The maximum absolute atomic E-state index is 12.9. The van der Waals surface area contributed by atoms with Gasteiger partial charge in [-0.3, -0.25) is 23.4 Å². The van der Waals surface area contributed by atoms with Gasteiger partial charge in [0.1, 0.15) is 12.7 Å². The molecule has 2 N–H and O–H groups in total. The van der Waals surface area contributed by atoms with Crippen LogP contribution in [0.4, 0.5) is 0 Å². The first-order chi connectivity index (χ1) is 39.2. The molecule has 0 fully saturated rings. The molecule has 0 saturated heterocycles. The summed E-state index contributed by atoms with van der Waals surface area (Å²) in [7, 11) is -4.79. The van der Waals surface area contributed by atoms with E-state index < -0.39 is 57.8 Å². The molecule has 0 spiro atoms. The SMILES string of the molecule is CC/C=C\C/C=C\C/C=C\C/C=C\C/C=C\CCCCCC(=O)OC(COC(=O)CCCCCCCCC/C=C\CCCCCCCC)COP(=O)(O)OCC(CO)OC(=O)CCC/C=C\C/C=C\C/C=C\C/C=C\C/C=C\CC. The van der Waals surface area contributed by atoms with Crippen molar-refractivity contribution in [2.45, 2.75) is 251 Å². The first-order valence-electron chi connectivity index (χ1n) is 31.1. The number of aliphatic hydroxyl groups is 1. The zero-order valence-corrected chi connectivity index (χ0v) is 51.1. The van der Waals surface area contributed by atoms with Gasteiger partial charge in [-0.05, 0) is 128 Å². The number of hydrogen-bond donors (Lipinski definition) is 2. The maximum atomic E-state index is 12.9. The number of hydrogen-bond acceptors (Lipinski definition) is 10. The van der Waals surface area contributed by atoms with Gasteiger partial charge in [-0.1, -0.05) is 225 Å². The number of allylic oxidation sites excluding steroid dienone is 22. The predicted molar refractivity (Wildman–Crippen MR) is 334 cm³/mol. The average molecular weight is 1140 g/mol. The highest BCUT2D eigenvalue weighted by Gasteiger charge is 2.28. The molecule has 0 aliphatic carbocycles. The summed E-state index contributed by atoms with van der Waals surface area (Å²) in [5, 5.41) is 9.83. The van der Waals surface area contributed by atoms with Gasteiger partial charge in [0.15, 0.2) is 6.10 Å². The maximum Gasteiger partial charge on any atom is 0.472 e. The van der Waals surface area contributed by atoms with E-state index in [4.69, 9.17) is 23.3 Å². The van der Waals surface area contributed by atoms with Gasteiger partial charge in [-0.2, -0.15) is 0 Å². The summed E-state index contributed by atoms with van der Waals surface area (Å²) in [4.78, 5) is 48.7. The number of unbranched alkanes of at least 4 members (excludes halogenated alkanes) is 17. The number of aliphatic hydroxyl groups excluding tert-OH is 1. The van der Waals surface area contributed by atoms with Crippen molar-refractivity contribution in [1.82, 2.24) is 0 Å². The zero-order chi connectivity index (χ0) is 58.3. The number of phosphoric ester groups is 1. The van der Waals surface area contributed by atoms with Crippen LogP contribution in [-0.4, -0.2) is 66.5 Å². The van der Waals surface area contributed by atoms with Crippen LogP contribution in [0.3, 0.4) is 0 Å². The second kappa shape index (κ2) is 60.7. The van der Waals surface area contributed by atoms with E-state index in [2.05, 4.69) is 142 Å². The van der Waals surface area contributed by atoms with Crippen molar-refractivity contribution in [3.8, 4) is 0 Å². The summed E-state index contributed by atoms with van der Waals surface area (Å²) < 4.78 is 39.5. The van der Waals surface area contributed by atoms with Crippen molar-refractivity contribution in [3.63, 3.8) is 0 Å². The molecule has 0 bridgehead atoms. The molecule has 11 nitrogen and oxygen atoms in total. The van der Waals surface area contributed by atoms with Crippen molar-refractivity contribution < 1.29 is 52.2 Å². The van der Waals surface area contributed by atoms with Crippen LogP contribution in [0.2, 0.25) is 0 Å². The lowest BCUT2D eigenvalue weighted by molar-refractivity contribution is -0.161. The molecule has 0 radical (unpaired) electrons. The van der Waals surface area contributed by atoms with Crippen LogP contribution < -0.4 is 0 Å². The third-order valence-corrected chi connectivity index (χ3v) is 13.5. The molecule has 454 valence electrons. The molecule has 0 aliphatic heterocycles. The van der Waals surface area contributed by atoms with E-state index in [1.165, 1.54) is 64.2 Å². The first-order valence-corrected chi connectivity index (χ1v) is 32.6. The Morgan fingerprint density at radius 3 is 1.07 bits per heavy atom. The highest BCUT2D eigenvalue weighted by molar-refractivity contribution is 7.47. The van der Waals surface area contributed by atoms with Crippen LogP contribution in [0.5, 0.6) is 0 Å². The van der Waals surface area contributed by atoms with E-state index in [9.17, 15) is 28.9 Å². The number of esters is 3. The molecular weight excluding hydrogens is 1020 g/mol. The number of carbonyl (C=O) groups excluding carboxylic acids is 3. The minimum absolute atomic E-state index is 0.0891. The molecule has 0 aromatic carbocycles. The second-order valence-electron chi connectivity index (χ2n) is 20.1. The van der Waals surface area contributed by atoms with E-state index in [1.54, 1.807) is 0 Å². The lowest BCUT2D eigenvalue weighted by Crippen LogP contribution is -2.30. The summed E-state index contributed by atoms with van der Waals surface area (Å²) in [6.45, 7) is 4.31. The van der Waals surface area contributed by atoms with Gasteiger partial charge in [-0.25, -0.2) is 4.57 Å². The highest BCUT2D eigenvalue weighted by Crippen LogP contribution is 2.43. The molecular formula is C68H111O11P. The van der Waals surface area contributed by atoms with Crippen molar-refractivity contribution in [2.24, 2.45) is 0 Å². The topological polar surface area (TPSA) is 155 Å². The minimum atomic E-state index is -4.79. The Labute approximate surface area is 487 Å². The molecule has 0 aliphatic rings.